The Morgan fingerprint density at radius 1 is 0.905 bits per heavy atom. The van der Waals surface area contributed by atoms with E-state index in [1.54, 1.807) is 23.6 Å². The highest BCUT2D eigenvalue weighted by molar-refractivity contribution is 7.13. The molecule has 1 aliphatic carbocycles. The number of carbonyl (C=O) groups excluding carboxylic acids is 3. The fourth-order valence-electron chi connectivity index (χ4n) is 9.27. The molecular formula is C56H69ClN8O8S. The maximum Gasteiger partial charge on any atom is 0.246 e. The van der Waals surface area contributed by atoms with Crippen LogP contribution in [0, 0.1) is 18.9 Å². The van der Waals surface area contributed by atoms with E-state index in [4.69, 9.17) is 42.1 Å². The van der Waals surface area contributed by atoms with E-state index >= 15 is 0 Å². The van der Waals surface area contributed by atoms with E-state index < -0.39 is 35.4 Å². The molecule has 1 saturated carbocycles. The fraction of sp³-hybridized carbons (Fsp3) is 0.482. The number of nitrogens with zero attached hydrogens (tertiary/aromatic N) is 5. The molecule has 2 fully saturated rings. The molecule has 18 heteroatoms. The molecule has 3 amide bonds. The van der Waals surface area contributed by atoms with E-state index in [-0.39, 0.29) is 68.9 Å². The Kier molecular flexibility index (Phi) is 19.2. The van der Waals surface area contributed by atoms with Crippen LogP contribution in [0.4, 0.5) is 11.6 Å². The third-order valence-electron chi connectivity index (χ3n) is 13.7. The second-order valence-electron chi connectivity index (χ2n) is 20.7. The summed E-state index contributed by atoms with van der Waals surface area (Å²) < 4.78 is 23.5. The van der Waals surface area contributed by atoms with Gasteiger partial charge in [-0.25, -0.2) is 19.8 Å². The smallest absolute Gasteiger partial charge is 0.246 e. The molecule has 3 heterocycles. The van der Waals surface area contributed by atoms with Crippen molar-refractivity contribution in [3.05, 3.63) is 129 Å². The van der Waals surface area contributed by atoms with Crippen LogP contribution in [-0.2, 0) is 40.6 Å². The molecule has 1 saturated heterocycles. The number of halogens is 1. The summed E-state index contributed by atoms with van der Waals surface area (Å²) in [4.78, 5) is 60.3. The molecule has 1 aliphatic heterocycles. The molecule has 3 aromatic carbocycles. The van der Waals surface area contributed by atoms with Crippen molar-refractivity contribution >= 4 is 52.3 Å². The van der Waals surface area contributed by atoms with Gasteiger partial charge in [-0.05, 0) is 97.5 Å². The number of benzene rings is 3. The fourth-order valence-corrected chi connectivity index (χ4v) is 10.3. The molecule has 5 aromatic rings. The van der Waals surface area contributed by atoms with Gasteiger partial charge in [0.1, 0.15) is 31.0 Å². The van der Waals surface area contributed by atoms with Gasteiger partial charge < -0.3 is 44.9 Å². The minimum Gasteiger partial charge on any atom is -0.487 e. The second kappa shape index (κ2) is 25.5. The first-order chi connectivity index (χ1) is 35.4. The summed E-state index contributed by atoms with van der Waals surface area (Å²) in [6, 6.07) is 21.2. The topological polar surface area (TPSA) is 191 Å². The van der Waals surface area contributed by atoms with E-state index in [0.29, 0.717) is 29.9 Å². The summed E-state index contributed by atoms with van der Waals surface area (Å²) in [5.74, 6) is -0.00359. The molecule has 16 nitrogen and oxygen atoms in total. The molecule has 4 atom stereocenters. The van der Waals surface area contributed by atoms with Crippen molar-refractivity contribution in [2.24, 2.45) is 5.41 Å². The van der Waals surface area contributed by atoms with Gasteiger partial charge in [-0.2, -0.15) is 0 Å². The molecular weight excluding hydrogens is 980 g/mol. The van der Waals surface area contributed by atoms with Crippen molar-refractivity contribution < 1.29 is 38.4 Å². The molecule has 0 spiro atoms. The monoisotopic (exact) mass is 1050 g/mol. The normalized spacial score (nSPS) is 18.8. The maximum atomic E-state index is 14.1. The van der Waals surface area contributed by atoms with E-state index in [1.807, 2.05) is 107 Å². The zero-order chi connectivity index (χ0) is 53.0. The zero-order valence-corrected chi connectivity index (χ0v) is 44.9. The first-order valence-electron chi connectivity index (χ1n) is 25.2. The number of aromatic nitrogens is 3. The number of nitrogens with one attached hydrogen (secondary N) is 3. The first kappa shape index (κ1) is 55.7. The lowest BCUT2D eigenvalue weighted by molar-refractivity contribution is -0.144. The van der Waals surface area contributed by atoms with Gasteiger partial charge in [0.2, 0.25) is 23.7 Å². The number of likely N-dealkylation sites (tertiary alicyclic amines) is 1. The highest BCUT2D eigenvalue weighted by atomic mass is 35.5. The molecule has 0 unspecified atom stereocenters. The molecule has 74 heavy (non-hydrogen) atoms. The third kappa shape index (κ3) is 15.1. The van der Waals surface area contributed by atoms with Crippen LogP contribution in [0.5, 0.6) is 5.75 Å². The Balaban J connectivity index is 0.758. The average molecular weight is 1050 g/mol. The SMILES string of the molecule is [C-]#[N+]c1cc(Cl)cc(C(C)(C)c2ccc(OCc3ccnc(NC4CCC(OCCOCCOCC(=O)N[C@H](C(=O)N5C[C@H](O)C[C@H]5C(=O)N[C@H](C)c5ccc(-c6scnc6C)cc5)C(C)(C)C)CC4)n3)cc2)c1. The highest BCUT2D eigenvalue weighted by Crippen LogP contribution is 2.37. The summed E-state index contributed by atoms with van der Waals surface area (Å²) in [5, 5.41) is 20.5. The Morgan fingerprint density at radius 3 is 2.31 bits per heavy atom. The Labute approximate surface area is 443 Å². The number of rotatable bonds is 22. The van der Waals surface area contributed by atoms with E-state index in [0.717, 1.165) is 70.0 Å². The van der Waals surface area contributed by atoms with Crippen molar-refractivity contribution in [2.45, 2.75) is 129 Å². The predicted molar refractivity (Wildman–Crippen MR) is 286 cm³/mol. The number of ether oxygens (including phenoxy) is 4. The van der Waals surface area contributed by atoms with Crippen molar-refractivity contribution in [1.82, 2.24) is 30.5 Å². The quantitative estimate of drug-likeness (QED) is 0.0381. The van der Waals surface area contributed by atoms with Crippen LogP contribution < -0.4 is 20.7 Å². The van der Waals surface area contributed by atoms with Crippen LogP contribution in [0.15, 0.2) is 84.5 Å². The minimum absolute atomic E-state index is 0.0193. The molecule has 7 rings (SSSR count). The van der Waals surface area contributed by atoms with Crippen molar-refractivity contribution in [1.29, 1.82) is 0 Å². The first-order valence-corrected chi connectivity index (χ1v) is 26.5. The number of anilines is 1. The lowest BCUT2D eigenvalue weighted by Crippen LogP contribution is -2.58. The minimum atomic E-state index is -0.969. The molecule has 0 bridgehead atoms. The van der Waals surface area contributed by atoms with Crippen LogP contribution in [0.2, 0.25) is 5.02 Å². The average Bonchev–Trinajstić information content (AvgIpc) is 4.00. The van der Waals surface area contributed by atoms with Gasteiger partial charge in [-0.3, -0.25) is 14.4 Å². The van der Waals surface area contributed by atoms with Crippen molar-refractivity contribution in [3.63, 3.8) is 0 Å². The second-order valence-corrected chi connectivity index (χ2v) is 21.9. The number of aliphatic hydroxyl groups excluding tert-OH is 1. The van der Waals surface area contributed by atoms with Gasteiger partial charge in [0, 0.05) is 35.6 Å². The lowest BCUT2D eigenvalue weighted by atomic mass is 9.78. The number of thiazole rings is 1. The number of hydrogen-bond acceptors (Lipinski definition) is 13. The Bertz CT molecular complexity index is 2720. The van der Waals surface area contributed by atoms with Crippen LogP contribution in [0.3, 0.4) is 0 Å². The maximum absolute atomic E-state index is 14.1. The summed E-state index contributed by atoms with van der Waals surface area (Å²) in [6.07, 6.45) is 4.65. The van der Waals surface area contributed by atoms with Gasteiger partial charge in [-0.1, -0.05) is 88.7 Å². The highest BCUT2D eigenvalue weighted by Gasteiger charge is 2.45. The Morgan fingerprint density at radius 2 is 1.62 bits per heavy atom. The van der Waals surface area contributed by atoms with Gasteiger partial charge in [0.15, 0.2) is 5.69 Å². The number of aliphatic hydroxyl groups is 1. The van der Waals surface area contributed by atoms with Crippen LogP contribution in [0.1, 0.15) is 108 Å². The van der Waals surface area contributed by atoms with E-state index in [2.05, 4.69) is 44.6 Å². The van der Waals surface area contributed by atoms with E-state index in [9.17, 15) is 19.5 Å². The number of β-amino-alcohol motifs (C(OH)–C–C–N with tert-alkyl or cyclic N) is 1. The van der Waals surface area contributed by atoms with Gasteiger partial charge in [0.05, 0.1) is 73.0 Å². The Hall–Kier alpha value is -6.00. The van der Waals surface area contributed by atoms with Gasteiger partial charge in [0.25, 0.3) is 0 Å². The van der Waals surface area contributed by atoms with Crippen LogP contribution in [-0.4, -0.2) is 113 Å². The zero-order valence-electron chi connectivity index (χ0n) is 43.4. The molecule has 0 radical (unpaired) electrons. The van der Waals surface area contributed by atoms with Crippen molar-refractivity contribution in [3.8, 4) is 16.2 Å². The lowest BCUT2D eigenvalue weighted by Gasteiger charge is -2.35. The van der Waals surface area contributed by atoms with E-state index in [1.165, 1.54) is 4.90 Å². The number of amides is 3. The summed E-state index contributed by atoms with van der Waals surface area (Å²) in [6.45, 7) is 22.2. The molecule has 394 valence electrons. The molecule has 4 N–H and O–H groups in total. The number of hydrogen-bond donors (Lipinski definition) is 4. The molecule has 2 aliphatic rings. The van der Waals surface area contributed by atoms with Crippen LogP contribution in [0.25, 0.3) is 15.3 Å². The summed E-state index contributed by atoms with van der Waals surface area (Å²) >= 11 is 7.88. The summed E-state index contributed by atoms with van der Waals surface area (Å²) in [5.41, 5.74) is 6.97. The van der Waals surface area contributed by atoms with Gasteiger partial charge in [-0.15, -0.1) is 11.3 Å². The predicted octanol–water partition coefficient (Wildman–Crippen LogP) is 9.16. The molecule has 2 aromatic heterocycles. The summed E-state index contributed by atoms with van der Waals surface area (Å²) in [7, 11) is 0. The van der Waals surface area contributed by atoms with Crippen LogP contribution >= 0.6 is 22.9 Å². The number of carbonyl (C=O) groups is 3. The standard InChI is InChI=1S/C56H69ClN8O8S/c1-35(37-9-11-38(12-10-37)50-36(2)60-34-74-50)61-52(68)48-30-45(66)31-65(48)53(69)51(55(3,4)5)64-49(67)33-71-24-23-70-25-26-72-46-19-15-42(16-20-46)62-54-59-22-21-43(63-54)32-73-47-17-13-39(14-18-47)56(6,7)40-27-41(57)29-44(28-40)58-8/h9-14,17-18,21-22,27-29,34-35,42,45-46,48,51,66H,15-16,19-20,23-26,30-33H2,1-7H3,(H,61,68)(H,64,67)(H,59,62,63)/t35-,42?,45-,46?,48+,51-/m1/s1. The number of aryl methyl sites for hydroxylation is 1. The van der Waals surface area contributed by atoms with Gasteiger partial charge >= 0.3 is 0 Å². The third-order valence-corrected chi connectivity index (χ3v) is 14.9. The van der Waals surface area contributed by atoms with Crippen molar-refractivity contribution in [2.75, 3.05) is 44.9 Å². The largest absolute Gasteiger partial charge is 0.487 e.